The van der Waals surface area contributed by atoms with Crippen LogP contribution in [0.15, 0.2) is 47.0 Å². The maximum atomic E-state index is 13.7. The van der Waals surface area contributed by atoms with Crippen LogP contribution in [0.1, 0.15) is 48.9 Å². The fourth-order valence-corrected chi connectivity index (χ4v) is 5.27. The van der Waals surface area contributed by atoms with E-state index in [0.717, 1.165) is 5.56 Å². The minimum atomic E-state index is -2.23. The number of nitrogens with zero attached hydrogens (tertiary/aromatic N) is 1. The largest absolute Gasteiger partial charge is 0.470 e. The van der Waals surface area contributed by atoms with Crippen LogP contribution in [0, 0.1) is 5.92 Å². The number of ether oxygens (including phenoxy) is 1. The van der Waals surface area contributed by atoms with Crippen molar-refractivity contribution in [2.45, 2.75) is 70.1 Å². The standard InChI is InChI=1S/C24H31NO5Si/c1-23(2,3)31(4,5)30-19-13-9-12-17-14-18-20(21(26)24(17,19)27)22(25-29-18)28-15-16-10-7-6-8-11-16/h6-11,13,17,19,27H,12,14-15H2,1-5H3/t17-,19?,24-/m0/s1. The highest BCUT2D eigenvalue weighted by Crippen LogP contribution is 2.47. The summed E-state index contributed by atoms with van der Waals surface area (Å²) in [6, 6.07) is 9.65. The van der Waals surface area contributed by atoms with E-state index in [1.54, 1.807) is 0 Å². The predicted molar refractivity (Wildman–Crippen MR) is 120 cm³/mol. The van der Waals surface area contributed by atoms with Gasteiger partial charge in [-0.2, -0.15) is 0 Å². The third kappa shape index (κ3) is 3.79. The Balaban J connectivity index is 1.64. The Hall–Kier alpha value is -2.22. The van der Waals surface area contributed by atoms with Crippen molar-refractivity contribution in [3.8, 4) is 5.88 Å². The van der Waals surface area contributed by atoms with E-state index >= 15 is 0 Å². The van der Waals surface area contributed by atoms with E-state index in [1.165, 1.54) is 0 Å². The van der Waals surface area contributed by atoms with Gasteiger partial charge in [-0.3, -0.25) is 4.79 Å². The third-order valence-corrected chi connectivity index (χ3v) is 11.4. The Morgan fingerprint density at radius 3 is 2.65 bits per heavy atom. The molecule has 1 N–H and O–H groups in total. The molecular weight excluding hydrogens is 410 g/mol. The average Bonchev–Trinajstić information content (AvgIpc) is 3.11. The van der Waals surface area contributed by atoms with Gasteiger partial charge in [0, 0.05) is 12.3 Å². The lowest BCUT2D eigenvalue weighted by Crippen LogP contribution is -2.62. The van der Waals surface area contributed by atoms with Crippen LogP contribution in [0.4, 0.5) is 0 Å². The molecule has 1 aromatic heterocycles. The first-order valence-electron chi connectivity index (χ1n) is 10.8. The molecule has 0 fully saturated rings. The minimum Gasteiger partial charge on any atom is -0.470 e. The smallest absolute Gasteiger partial charge is 0.265 e. The van der Waals surface area contributed by atoms with Crippen molar-refractivity contribution in [3.05, 3.63) is 59.4 Å². The molecule has 2 aliphatic rings. The van der Waals surface area contributed by atoms with E-state index in [-0.39, 0.29) is 29.0 Å². The van der Waals surface area contributed by atoms with Crippen molar-refractivity contribution in [1.29, 1.82) is 0 Å². The average molecular weight is 442 g/mol. The zero-order valence-electron chi connectivity index (χ0n) is 18.8. The van der Waals surface area contributed by atoms with E-state index in [9.17, 15) is 9.90 Å². The Morgan fingerprint density at radius 1 is 1.26 bits per heavy atom. The fourth-order valence-electron chi connectivity index (χ4n) is 4.02. The Bertz CT molecular complexity index is 991. The van der Waals surface area contributed by atoms with Crippen molar-refractivity contribution < 1.29 is 23.6 Å². The van der Waals surface area contributed by atoms with E-state index in [4.69, 9.17) is 13.7 Å². The van der Waals surface area contributed by atoms with Crippen LogP contribution in [0.3, 0.4) is 0 Å². The van der Waals surface area contributed by atoms with Gasteiger partial charge in [-0.15, -0.1) is 0 Å². The molecule has 1 heterocycles. The summed E-state index contributed by atoms with van der Waals surface area (Å²) in [7, 11) is -2.23. The number of hydrogen-bond donors (Lipinski definition) is 1. The van der Waals surface area contributed by atoms with Crippen LogP contribution < -0.4 is 4.74 Å². The number of benzene rings is 1. The molecule has 0 aliphatic heterocycles. The zero-order valence-corrected chi connectivity index (χ0v) is 19.8. The van der Waals surface area contributed by atoms with Crippen molar-refractivity contribution in [2.24, 2.45) is 5.92 Å². The van der Waals surface area contributed by atoms with Gasteiger partial charge in [0.05, 0.1) is 0 Å². The maximum absolute atomic E-state index is 13.7. The molecule has 0 spiro atoms. The number of hydrogen-bond acceptors (Lipinski definition) is 6. The van der Waals surface area contributed by atoms with Gasteiger partial charge in [-0.05, 0) is 35.3 Å². The fraction of sp³-hybridized carbons (Fsp3) is 0.500. The third-order valence-electron chi connectivity index (χ3n) is 6.99. The molecule has 2 aromatic rings. The Labute approximate surface area is 184 Å². The van der Waals surface area contributed by atoms with Crippen molar-refractivity contribution in [3.63, 3.8) is 0 Å². The second kappa shape index (κ2) is 7.72. The number of allylic oxidation sites excluding steroid dienone is 1. The number of aliphatic hydroxyl groups is 1. The van der Waals surface area contributed by atoms with E-state index in [1.807, 2.05) is 42.5 Å². The van der Waals surface area contributed by atoms with Gasteiger partial charge in [0.1, 0.15) is 18.3 Å². The van der Waals surface area contributed by atoms with E-state index in [2.05, 4.69) is 39.0 Å². The molecule has 0 saturated heterocycles. The summed E-state index contributed by atoms with van der Waals surface area (Å²) in [5, 5.41) is 15.8. The summed E-state index contributed by atoms with van der Waals surface area (Å²) in [6.07, 6.45) is 4.14. The van der Waals surface area contributed by atoms with E-state index < -0.39 is 25.8 Å². The van der Waals surface area contributed by atoms with Gasteiger partial charge in [0.25, 0.3) is 5.88 Å². The SMILES string of the molecule is CC(C)(C)[Si](C)(C)OC1C=CC[C@H]2Cc3onc(OCc4ccccc4)c3C(=O)[C@@]12O. The van der Waals surface area contributed by atoms with Crippen LogP contribution in [-0.4, -0.2) is 36.1 Å². The summed E-state index contributed by atoms with van der Waals surface area (Å²) in [5.41, 5.74) is -0.458. The quantitative estimate of drug-likeness (QED) is 0.535. The lowest BCUT2D eigenvalue weighted by Gasteiger charge is -2.48. The molecule has 0 saturated carbocycles. The van der Waals surface area contributed by atoms with Crippen LogP contribution >= 0.6 is 0 Å². The highest BCUT2D eigenvalue weighted by molar-refractivity contribution is 6.74. The zero-order chi connectivity index (χ0) is 22.4. The van der Waals surface area contributed by atoms with Gasteiger partial charge >= 0.3 is 0 Å². The number of ketones is 1. The van der Waals surface area contributed by atoms with Crippen molar-refractivity contribution >= 4 is 14.1 Å². The molecule has 166 valence electrons. The molecule has 3 atom stereocenters. The van der Waals surface area contributed by atoms with Crippen molar-refractivity contribution in [2.75, 3.05) is 0 Å². The first-order chi connectivity index (χ1) is 14.5. The maximum Gasteiger partial charge on any atom is 0.265 e. The molecule has 0 bridgehead atoms. The number of carbonyl (C=O) groups excluding carboxylic acids is 1. The summed E-state index contributed by atoms with van der Waals surface area (Å²) in [4.78, 5) is 13.7. The molecule has 6 nitrogen and oxygen atoms in total. The first kappa shape index (κ1) is 22.0. The van der Waals surface area contributed by atoms with Crippen molar-refractivity contribution in [1.82, 2.24) is 5.16 Å². The predicted octanol–water partition coefficient (Wildman–Crippen LogP) is 4.69. The topological polar surface area (TPSA) is 81.8 Å². The summed E-state index contributed by atoms with van der Waals surface area (Å²) in [6.45, 7) is 10.9. The monoisotopic (exact) mass is 441 g/mol. The number of Topliss-reactive ketones (excluding diaryl/α,β-unsaturated/α-hetero) is 1. The molecular formula is C24H31NO5Si. The second-order valence-corrected chi connectivity index (χ2v) is 14.8. The summed E-state index contributed by atoms with van der Waals surface area (Å²) < 4.78 is 17.8. The van der Waals surface area contributed by atoms with E-state index in [0.29, 0.717) is 18.6 Å². The van der Waals surface area contributed by atoms with Gasteiger partial charge < -0.3 is 18.8 Å². The molecule has 1 aromatic carbocycles. The van der Waals surface area contributed by atoms with Gasteiger partial charge in [0.15, 0.2) is 19.7 Å². The highest BCUT2D eigenvalue weighted by Gasteiger charge is 2.58. The highest BCUT2D eigenvalue weighted by atomic mass is 28.4. The molecule has 4 rings (SSSR count). The molecule has 0 radical (unpaired) electrons. The van der Waals surface area contributed by atoms with Gasteiger partial charge in [-0.25, -0.2) is 0 Å². The van der Waals surface area contributed by atoms with Crippen LogP contribution in [0.25, 0.3) is 0 Å². The second-order valence-electron chi connectivity index (χ2n) is 10.1. The molecule has 7 heteroatoms. The normalized spacial score (nSPS) is 25.8. The van der Waals surface area contributed by atoms with Gasteiger partial charge in [-0.1, -0.05) is 63.3 Å². The number of fused-ring (bicyclic) bond motifs is 2. The Morgan fingerprint density at radius 2 is 1.97 bits per heavy atom. The number of aromatic nitrogens is 1. The lowest BCUT2D eigenvalue weighted by atomic mass is 9.67. The first-order valence-corrected chi connectivity index (χ1v) is 13.7. The number of carbonyl (C=O) groups is 1. The summed E-state index contributed by atoms with van der Waals surface area (Å²) in [5.74, 6) is -0.126. The lowest BCUT2D eigenvalue weighted by molar-refractivity contribution is -0.0702. The molecule has 2 aliphatic carbocycles. The van der Waals surface area contributed by atoms with Crippen LogP contribution in [0.2, 0.25) is 18.1 Å². The Kier molecular flexibility index (Phi) is 5.48. The molecule has 31 heavy (non-hydrogen) atoms. The molecule has 1 unspecified atom stereocenters. The minimum absolute atomic E-state index is 0.0475. The number of rotatable bonds is 5. The van der Waals surface area contributed by atoms with Crippen LogP contribution in [0.5, 0.6) is 5.88 Å². The summed E-state index contributed by atoms with van der Waals surface area (Å²) >= 11 is 0. The van der Waals surface area contributed by atoms with Crippen LogP contribution in [-0.2, 0) is 17.5 Å². The molecule has 0 amide bonds. The van der Waals surface area contributed by atoms with Gasteiger partial charge in [0.2, 0.25) is 5.78 Å².